The highest BCUT2D eigenvalue weighted by molar-refractivity contribution is 6.19. The van der Waals surface area contributed by atoms with E-state index in [1.54, 1.807) is 0 Å². The van der Waals surface area contributed by atoms with E-state index in [1.807, 2.05) is 0 Å². The molecule has 0 radical (unpaired) electrons. The molecule has 7 aromatic carbocycles. The molecular weight excluding hydrogens is 516 g/mol. The van der Waals surface area contributed by atoms with Gasteiger partial charge in [-0.05, 0) is 113 Å². The molecule has 9 rings (SSSR count). The van der Waals surface area contributed by atoms with Crippen LogP contribution >= 0.6 is 0 Å². The Bertz CT molecular complexity index is 2310. The first-order valence-corrected chi connectivity index (χ1v) is 15.5. The number of rotatable bonds is 2. The Kier molecular flexibility index (Phi) is 5.17. The summed E-state index contributed by atoms with van der Waals surface area (Å²) in [4.78, 5) is 0. The molecule has 0 fully saturated rings. The third-order valence-electron chi connectivity index (χ3n) is 10.1. The van der Waals surface area contributed by atoms with Gasteiger partial charge in [-0.2, -0.15) is 0 Å². The monoisotopic (exact) mass is 548 g/mol. The maximum Gasteiger partial charge on any atom is 0.0159 e. The van der Waals surface area contributed by atoms with Gasteiger partial charge in [0.1, 0.15) is 0 Å². The first-order chi connectivity index (χ1) is 21.1. The van der Waals surface area contributed by atoms with E-state index in [0.717, 1.165) is 12.8 Å². The van der Waals surface area contributed by atoms with Crippen LogP contribution in [0.15, 0.2) is 127 Å². The molecule has 0 nitrogen and oxygen atoms in total. The average molecular weight is 549 g/mol. The van der Waals surface area contributed by atoms with Gasteiger partial charge in [0.25, 0.3) is 0 Å². The number of hydrogen-bond acceptors (Lipinski definition) is 0. The van der Waals surface area contributed by atoms with E-state index in [4.69, 9.17) is 0 Å². The SMILES string of the molecule is CC1(C)c2ccccc2-c2ccc(-c3c4c(c(-c5cc6ccccc6c6ccccc56)c5ccccc35)CCC=C4)cc21. The van der Waals surface area contributed by atoms with Crippen molar-refractivity contribution in [2.24, 2.45) is 0 Å². The summed E-state index contributed by atoms with van der Waals surface area (Å²) < 4.78 is 0. The van der Waals surface area contributed by atoms with Gasteiger partial charge < -0.3 is 0 Å². The van der Waals surface area contributed by atoms with Gasteiger partial charge in [0, 0.05) is 5.41 Å². The van der Waals surface area contributed by atoms with Gasteiger partial charge in [0.2, 0.25) is 0 Å². The molecule has 2 aliphatic carbocycles. The molecule has 0 unspecified atom stereocenters. The van der Waals surface area contributed by atoms with Crippen LogP contribution in [0.25, 0.3) is 71.8 Å². The molecule has 0 heterocycles. The fraction of sp³-hybridized carbons (Fsp3) is 0.116. The lowest BCUT2D eigenvalue weighted by Crippen LogP contribution is -2.15. The molecule has 0 amide bonds. The van der Waals surface area contributed by atoms with Crippen LogP contribution in [0.5, 0.6) is 0 Å². The standard InChI is InChI=1S/C43H32/c1-43(2)39-22-12-11-17-32(39)33-24-23-28(26-40(33)43)41-34-18-7-9-20-36(34)42(37-21-10-8-19-35(37)41)38-25-27-13-3-4-14-29(27)30-15-5-6-16-31(30)38/h3-9,11-20,22-26H,10,21H2,1-2H3. The molecule has 43 heavy (non-hydrogen) atoms. The Balaban J connectivity index is 1.37. The van der Waals surface area contributed by atoms with Crippen molar-refractivity contribution < 1.29 is 0 Å². The Hall–Kier alpha value is -4.94. The first kappa shape index (κ1) is 24.6. The third kappa shape index (κ3) is 3.44. The molecule has 0 saturated heterocycles. The summed E-state index contributed by atoms with van der Waals surface area (Å²) in [5, 5.41) is 7.93. The average Bonchev–Trinajstić information content (AvgIpc) is 3.29. The van der Waals surface area contributed by atoms with Gasteiger partial charge in [-0.25, -0.2) is 0 Å². The lowest BCUT2D eigenvalue weighted by atomic mass is 9.77. The van der Waals surface area contributed by atoms with Crippen LogP contribution in [-0.4, -0.2) is 0 Å². The highest BCUT2D eigenvalue weighted by atomic mass is 14.4. The van der Waals surface area contributed by atoms with Gasteiger partial charge in [-0.15, -0.1) is 0 Å². The van der Waals surface area contributed by atoms with Gasteiger partial charge >= 0.3 is 0 Å². The van der Waals surface area contributed by atoms with Crippen LogP contribution in [0.3, 0.4) is 0 Å². The van der Waals surface area contributed by atoms with Gasteiger partial charge in [-0.3, -0.25) is 0 Å². The largest absolute Gasteiger partial charge is 0.0836 e. The molecule has 0 spiro atoms. The number of fused-ring (bicyclic) bond motifs is 8. The normalized spacial score (nSPS) is 14.7. The Morgan fingerprint density at radius 3 is 2.00 bits per heavy atom. The molecule has 0 atom stereocenters. The summed E-state index contributed by atoms with van der Waals surface area (Å²) in [6, 6.07) is 45.5. The van der Waals surface area contributed by atoms with Crippen molar-refractivity contribution in [2.75, 3.05) is 0 Å². The Morgan fingerprint density at radius 1 is 0.512 bits per heavy atom. The second-order valence-corrected chi connectivity index (χ2v) is 12.8. The maximum atomic E-state index is 2.49. The lowest BCUT2D eigenvalue weighted by molar-refractivity contribution is 0.660. The Labute approximate surface area is 253 Å². The summed E-state index contributed by atoms with van der Waals surface area (Å²) in [7, 11) is 0. The smallest absolute Gasteiger partial charge is 0.0159 e. The van der Waals surface area contributed by atoms with Gasteiger partial charge in [0.05, 0.1) is 0 Å². The Morgan fingerprint density at radius 2 is 1.16 bits per heavy atom. The minimum Gasteiger partial charge on any atom is -0.0836 e. The zero-order valence-electron chi connectivity index (χ0n) is 24.6. The summed E-state index contributed by atoms with van der Waals surface area (Å²) in [6.45, 7) is 4.76. The number of hydrogen-bond donors (Lipinski definition) is 0. The zero-order chi connectivity index (χ0) is 28.7. The predicted octanol–water partition coefficient (Wildman–Crippen LogP) is 11.7. The predicted molar refractivity (Wildman–Crippen MR) is 185 cm³/mol. The molecule has 0 saturated carbocycles. The van der Waals surface area contributed by atoms with Crippen molar-refractivity contribution in [3.63, 3.8) is 0 Å². The molecule has 2 aliphatic rings. The maximum absolute atomic E-state index is 2.49. The van der Waals surface area contributed by atoms with Gasteiger partial charge in [-0.1, -0.05) is 135 Å². The molecular formula is C43H32. The lowest BCUT2D eigenvalue weighted by Gasteiger charge is -2.26. The number of allylic oxidation sites excluding steroid dienone is 1. The van der Waals surface area contributed by atoms with E-state index in [-0.39, 0.29) is 5.41 Å². The zero-order valence-corrected chi connectivity index (χ0v) is 24.6. The van der Waals surface area contributed by atoms with Crippen LogP contribution in [0.4, 0.5) is 0 Å². The second kappa shape index (κ2) is 9.03. The van der Waals surface area contributed by atoms with E-state index in [2.05, 4.69) is 147 Å². The fourth-order valence-electron chi connectivity index (χ4n) is 8.12. The minimum atomic E-state index is -0.0302. The van der Waals surface area contributed by atoms with E-state index >= 15 is 0 Å². The van der Waals surface area contributed by atoms with Crippen molar-refractivity contribution in [1.82, 2.24) is 0 Å². The van der Waals surface area contributed by atoms with E-state index in [1.165, 1.54) is 88.0 Å². The van der Waals surface area contributed by atoms with Crippen molar-refractivity contribution in [3.05, 3.63) is 150 Å². The van der Waals surface area contributed by atoms with Crippen LogP contribution in [0.1, 0.15) is 42.5 Å². The molecule has 0 N–H and O–H groups in total. The van der Waals surface area contributed by atoms with Crippen molar-refractivity contribution in [1.29, 1.82) is 0 Å². The summed E-state index contributed by atoms with van der Waals surface area (Å²) in [5.41, 5.74) is 13.8. The van der Waals surface area contributed by atoms with Crippen LogP contribution < -0.4 is 0 Å². The van der Waals surface area contributed by atoms with Crippen molar-refractivity contribution in [3.8, 4) is 33.4 Å². The molecule has 0 aromatic heterocycles. The highest BCUT2D eigenvalue weighted by Crippen LogP contribution is 2.52. The van der Waals surface area contributed by atoms with Crippen LogP contribution in [0, 0.1) is 0 Å². The van der Waals surface area contributed by atoms with E-state index in [0.29, 0.717) is 0 Å². The minimum absolute atomic E-state index is 0.0302. The molecule has 0 bridgehead atoms. The highest BCUT2D eigenvalue weighted by Gasteiger charge is 2.35. The quantitative estimate of drug-likeness (QED) is 0.189. The summed E-state index contributed by atoms with van der Waals surface area (Å²) in [5.74, 6) is 0. The topological polar surface area (TPSA) is 0 Å². The summed E-state index contributed by atoms with van der Waals surface area (Å²) in [6.07, 6.45) is 6.88. The van der Waals surface area contributed by atoms with Crippen LogP contribution in [-0.2, 0) is 11.8 Å². The van der Waals surface area contributed by atoms with Crippen LogP contribution in [0.2, 0.25) is 0 Å². The molecule has 0 heteroatoms. The van der Waals surface area contributed by atoms with E-state index in [9.17, 15) is 0 Å². The number of benzene rings is 7. The molecule has 7 aromatic rings. The van der Waals surface area contributed by atoms with Gasteiger partial charge in [0.15, 0.2) is 0 Å². The molecule has 204 valence electrons. The van der Waals surface area contributed by atoms with Crippen molar-refractivity contribution in [2.45, 2.75) is 32.1 Å². The fourth-order valence-corrected chi connectivity index (χ4v) is 8.12. The molecule has 0 aliphatic heterocycles. The third-order valence-corrected chi connectivity index (χ3v) is 10.1. The van der Waals surface area contributed by atoms with Crippen molar-refractivity contribution >= 4 is 38.4 Å². The first-order valence-electron chi connectivity index (χ1n) is 15.5. The second-order valence-electron chi connectivity index (χ2n) is 12.8. The van der Waals surface area contributed by atoms with E-state index < -0.39 is 0 Å². The summed E-state index contributed by atoms with van der Waals surface area (Å²) >= 11 is 0.